The number of thiocarbonyl (C=S) groups is 1. The zero-order valence-corrected chi connectivity index (χ0v) is 11.4. The van der Waals surface area contributed by atoms with Crippen LogP contribution in [-0.4, -0.2) is 23.6 Å². The molecule has 4 N–H and O–H groups in total. The topological polar surface area (TPSA) is 101 Å². The lowest BCUT2D eigenvalue weighted by Gasteiger charge is -2.08. The van der Waals surface area contributed by atoms with Crippen LogP contribution < -0.4 is 10.5 Å². The monoisotopic (exact) mass is 318 g/mol. The van der Waals surface area contributed by atoms with Gasteiger partial charge in [-0.05, 0) is 18.2 Å². The summed E-state index contributed by atoms with van der Waals surface area (Å²) >= 11 is 4.72. The summed E-state index contributed by atoms with van der Waals surface area (Å²) in [5.74, 6) is -2.47. The number of rotatable bonds is 4. The van der Waals surface area contributed by atoms with Gasteiger partial charge in [0.25, 0.3) is 10.0 Å². The Kier molecular flexibility index (Phi) is 3.68. The molecule has 2 aromatic rings. The van der Waals surface area contributed by atoms with Crippen LogP contribution in [0.2, 0.25) is 0 Å². The highest BCUT2D eigenvalue weighted by molar-refractivity contribution is 7.92. The highest BCUT2D eigenvalue weighted by Crippen LogP contribution is 2.19. The van der Waals surface area contributed by atoms with Crippen LogP contribution in [0.5, 0.6) is 0 Å². The van der Waals surface area contributed by atoms with Crippen molar-refractivity contribution in [2.45, 2.75) is 4.90 Å². The van der Waals surface area contributed by atoms with E-state index in [-0.39, 0.29) is 16.4 Å². The van der Waals surface area contributed by atoms with Crippen molar-refractivity contribution in [3.05, 3.63) is 41.6 Å². The molecule has 0 fully saturated rings. The first kappa shape index (κ1) is 14.3. The fraction of sp³-hybridized carbons (Fsp3) is 0. The minimum atomic E-state index is -4.12. The van der Waals surface area contributed by atoms with Crippen molar-refractivity contribution in [2.24, 2.45) is 5.73 Å². The molecule has 0 atom stereocenters. The van der Waals surface area contributed by atoms with Gasteiger partial charge >= 0.3 is 0 Å². The highest BCUT2D eigenvalue weighted by Gasteiger charge is 2.19. The van der Waals surface area contributed by atoms with Crippen LogP contribution in [0.25, 0.3) is 0 Å². The van der Waals surface area contributed by atoms with Gasteiger partial charge in [-0.2, -0.15) is 5.10 Å². The number of anilines is 1. The normalized spacial score (nSPS) is 11.3. The minimum absolute atomic E-state index is 0.0535. The van der Waals surface area contributed by atoms with Gasteiger partial charge in [-0.3, -0.25) is 9.82 Å². The minimum Gasteiger partial charge on any atom is -0.389 e. The van der Waals surface area contributed by atoms with Crippen LogP contribution in [-0.2, 0) is 10.0 Å². The quantitative estimate of drug-likeness (QED) is 0.734. The van der Waals surface area contributed by atoms with Crippen molar-refractivity contribution < 1.29 is 17.2 Å². The van der Waals surface area contributed by atoms with Crippen molar-refractivity contribution in [3.63, 3.8) is 0 Å². The van der Waals surface area contributed by atoms with E-state index in [1.165, 1.54) is 6.20 Å². The first-order valence-corrected chi connectivity index (χ1v) is 7.01. The Labute approximate surface area is 118 Å². The second kappa shape index (κ2) is 5.13. The lowest BCUT2D eigenvalue weighted by Crippen LogP contribution is -2.17. The molecule has 0 saturated heterocycles. The van der Waals surface area contributed by atoms with Gasteiger partial charge in [-0.25, -0.2) is 17.2 Å². The van der Waals surface area contributed by atoms with E-state index < -0.39 is 26.6 Å². The molecule has 0 spiro atoms. The van der Waals surface area contributed by atoms with Crippen LogP contribution >= 0.6 is 12.2 Å². The van der Waals surface area contributed by atoms with Gasteiger partial charge in [0.1, 0.15) is 10.8 Å². The molecule has 10 heteroatoms. The number of benzene rings is 1. The standard InChI is InChI=1S/C10H8F2N4O2S2/c11-7-2-1-5(3-8(7)12)20(17,18)16-10-6(9(13)19)4-14-15-10/h1-4H,(H2,13,19)(H2,14,15,16). The SMILES string of the molecule is NC(=S)c1cn[nH]c1NS(=O)(=O)c1ccc(F)c(F)c1. The maximum Gasteiger partial charge on any atom is 0.263 e. The summed E-state index contributed by atoms with van der Waals surface area (Å²) in [7, 11) is -4.12. The Morgan fingerprint density at radius 1 is 1.35 bits per heavy atom. The Bertz CT molecular complexity index is 773. The largest absolute Gasteiger partial charge is 0.389 e. The Balaban J connectivity index is 2.38. The Morgan fingerprint density at radius 3 is 2.65 bits per heavy atom. The van der Waals surface area contributed by atoms with Crippen LogP contribution in [0.3, 0.4) is 0 Å². The molecule has 0 saturated carbocycles. The average molecular weight is 318 g/mol. The van der Waals surface area contributed by atoms with E-state index >= 15 is 0 Å². The molecule has 106 valence electrons. The number of sulfonamides is 1. The molecule has 0 unspecified atom stereocenters. The van der Waals surface area contributed by atoms with Gasteiger partial charge in [0.2, 0.25) is 0 Å². The van der Waals surface area contributed by atoms with Crippen LogP contribution in [0.1, 0.15) is 5.56 Å². The number of halogens is 2. The summed E-state index contributed by atoms with van der Waals surface area (Å²) < 4.78 is 52.0. The van der Waals surface area contributed by atoms with E-state index in [1.807, 2.05) is 0 Å². The molecule has 0 radical (unpaired) electrons. The van der Waals surface area contributed by atoms with Gasteiger partial charge in [0, 0.05) is 0 Å². The van der Waals surface area contributed by atoms with Crippen molar-refractivity contribution in [1.29, 1.82) is 0 Å². The molecule has 0 bridgehead atoms. The van der Waals surface area contributed by atoms with Gasteiger partial charge in [0.05, 0.1) is 16.7 Å². The van der Waals surface area contributed by atoms with Crippen LogP contribution in [0.15, 0.2) is 29.3 Å². The maximum atomic E-state index is 13.1. The van der Waals surface area contributed by atoms with Crippen molar-refractivity contribution in [2.75, 3.05) is 4.72 Å². The van der Waals surface area contributed by atoms with Crippen LogP contribution in [0.4, 0.5) is 14.6 Å². The van der Waals surface area contributed by atoms with Crippen LogP contribution in [0, 0.1) is 11.6 Å². The molecule has 0 aliphatic carbocycles. The smallest absolute Gasteiger partial charge is 0.263 e. The van der Waals surface area contributed by atoms with E-state index in [4.69, 9.17) is 18.0 Å². The summed E-state index contributed by atoms with van der Waals surface area (Å²) in [6.07, 6.45) is 1.24. The first-order chi connectivity index (χ1) is 9.31. The van der Waals surface area contributed by atoms with Crippen molar-refractivity contribution in [1.82, 2.24) is 10.2 Å². The molecule has 1 aromatic carbocycles. The zero-order chi connectivity index (χ0) is 14.9. The Hall–Kier alpha value is -2.07. The third kappa shape index (κ3) is 2.75. The summed E-state index contributed by atoms with van der Waals surface area (Å²) in [5, 5.41) is 5.96. The van der Waals surface area contributed by atoms with E-state index in [1.54, 1.807) is 0 Å². The van der Waals surface area contributed by atoms with E-state index in [2.05, 4.69) is 14.9 Å². The molecule has 0 aliphatic heterocycles. The number of hydrogen-bond donors (Lipinski definition) is 3. The zero-order valence-electron chi connectivity index (χ0n) is 9.72. The fourth-order valence-corrected chi connectivity index (χ4v) is 2.59. The summed E-state index contributed by atoms with van der Waals surface area (Å²) in [5.41, 5.74) is 5.57. The second-order valence-corrected chi connectivity index (χ2v) is 5.83. The molecule has 0 amide bonds. The molecule has 2 rings (SSSR count). The number of nitrogens with zero attached hydrogens (tertiary/aromatic N) is 1. The lowest BCUT2D eigenvalue weighted by molar-refractivity contribution is 0.504. The predicted molar refractivity (Wildman–Crippen MR) is 71.6 cm³/mol. The molecule has 1 heterocycles. The predicted octanol–water partition coefficient (Wildman–Crippen LogP) is 1.12. The molecule has 0 aliphatic rings. The molecular weight excluding hydrogens is 310 g/mol. The third-order valence-corrected chi connectivity index (χ3v) is 3.91. The number of nitrogens with two attached hydrogens (primary N) is 1. The van der Waals surface area contributed by atoms with Gasteiger partial charge in [-0.1, -0.05) is 12.2 Å². The fourth-order valence-electron chi connectivity index (χ4n) is 1.39. The molecule has 6 nitrogen and oxygen atoms in total. The van der Waals surface area contributed by atoms with E-state index in [9.17, 15) is 17.2 Å². The Morgan fingerprint density at radius 2 is 2.05 bits per heavy atom. The number of H-pyrrole nitrogens is 1. The average Bonchev–Trinajstić information content (AvgIpc) is 2.80. The third-order valence-electron chi connectivity index (χ3n) is 2.34. The number of aromatic amines is 1. The highest BCUT2D eigenvalue weighted by atomic mass is 32.2. The summed E-state index contributed by atoms with van der Waals surface area (Å²) in [4.78, 5) is -0.512. The van der Waals surface area contributed by atoms with Crippen molar-refractivity contribution >= 4 is 33.0 Å². The van der Waals surface area contributed by atoms with Gasteiger partial charge in [-0.15, -0.1) is 0 Å². The van der Waals surface area contributed by atoms with Gasteiger partial charge < -0.3 is 5.73 Å². The molecule has 1 aromatic heterocycles. The number of hydrogen-bond acceptors (Lipinski definition) is 4. The first-order valence-electron chi connectivity index (χ1n) is 5.12. The summed E-state index contributed by atoms with van der Waals surface area (Å²) in [6.45, 7) is 0. The number of nitrogens with one attached hydrogen (secondary N) is 2. The van der Waals surface area contributed by atoms with Gasteiger partial charge in [0.15, 0.2) is 11.6 Å². The summed E-state index contributed by atoms with van der Waals surface area (Å²) in [6, 6.07) is 2.21. The van der Waals surface area contributed by atoms with E-state index in [0.717, 1.165) is 6.07 Å². The molecular formula is C10H8F2N4O2S2. The molecule has 20 heavy (non-hydrogen) atoms. The lowest BCUT2D eigenvalue weighted by atomic mass is 10.3. The van der Waals surface area contributed by atoms with Crippen molar-refractivity contribution in [3.8, 4) is 0 Å². The maximum absolute atomic E-state index is 13.1. The second-order valence-electron chi connectivity index (χ2n) is 3.70. The van der Waals surface area contributed by atoms with E-state index in [0.29, 0.717) is 12.1 Å². The number of aromatic nitrogens is 2.